The molecule has 1 aromatic heterocycles. The van der Waals surface area contributed by atoms with E-state index >= 15 is 0 Å². The molecule has 88 valence electrons. The summed E-state index contributed by atoms with van der Waals surface area (Å²) in [5, 5.41) is 1.47. The van der Waals surface area contributed by atoms with E-state index in [4.69, 9.17) is 5.73 Å². The maximum atomic E-state index is 6.24. The zero-order chi connectivity index (χ0) is 11.5. The Labute approximate surface area is 101 Å². The molecule has 2 N–H and O–H groups in total. The average Bonchev–Trinajstić information content (AvgIpc) is 2.25. The zero-order valence-electron chi connectivity index (χ0n) is 9.84. The van der Waals surface area contributed by atoms with Crippen molar-refractivity contribution in [2.24, 2.45) is 17.6 Å². The van der Waals surface area contributed by atoms with Gasteiger partial charge in [-0.1, -0.05) is 25.6 Å². The zero-order valence-corrected chi connectivity index (χ0v) is 10.7. The first-order chi connectivity index (χ1) is 7.66. The molecule has 4 atom stereocenters. The molecule has 0 radical (unpaired) electrons. The van der Waals surface area contributed by atoms with Gasteiger partial charge in [0.05, 0.1) is 6.20 Å². The van der Waals surface area contributed by atoms with E-state index in [1.807, 2.05) is 6.20 Å². The number of hydrogen-bond acceptors (Lipinski definition) is 4. The lowest BCUT2D eigenvalue weighted by Crippen LogP contribution is -2.42. The number of hydrogen-bond donors (Lipinski definition) is 1. The Morgan fingerprint density at radius 3 is 2.75 bits per heavy atom. The van der Waals surface area contributed by atoms with Crippen LogP contribution in [-0.2, 0) is 0 Å². The van der Waals surface area contributed by atoms with E-state index in [0.29, 0.717) is 11.2 Å². The van der Waals surface area contributed by atoms with Gasteiger partial charge in [0.15, 0.2) is 0 Å². The summed E-state index contributed by atoms with van der Waals surface area (Å²) in [6.45, 7) is 4.59. The standard InChI is InChI=1S/C12H19N3S/c1-8-5-9(2)12(10(13)6-8)16-11-7-14-3-4-15-11/h3-4,7-10,12H,5-6,13H2,1-2H3. The van der Waals surface area contributed by atoms with Gasteiger partial charge in [-0.05, 0) is 24.7 Å². The summed E-state index contributed by atoms with van der Waals surface area (Å²) < 4.78 is 0. The summed E-state index contributed by atoms with van der Waals surface area (Å²) >= 11 is 1.78. The number of nitrogens with zero attached hydrogens (tertiary/aromatic N) is 2. The Bertz CT molecular complexity index is 318. The SMILES string of the molecule is CC1CC(C)C(Sc2cnccn2)C(N)C1. The average molecular weight is 237 g/mol. The highest BCUT2D eigenvalue weighted by Crippen LogP contribution is 2.37. The number of thioether (sulfide) groups is 1. The van der Waals surface area contributed by atoms with E-state index in [2.05, 4.69) is 23.8 Å². The molecule has 3 nitrogen and oxygen atoms in total. The van der Waals surface area contributed by atoms with Crippen molar-refractivity contribution in [1.29, 1.82) is 0 Å². The fourth-order valence-corrected chi connectivity index (χ4v) is 3.73. The molecule has 1 aromatic rings. The molecular formula is C12H19N3S. The lowest BCUT2D eigenvalue weighted by molar-refractivity contribution is 0.279. The van der Waals surface area contributed by atoms with Gasteiger partial charge in [0.2, 0.25) is 0 Å². The number of nitrogens with two attached hydrogens (primary N) is 1. The normalized spacial score (nSPS) is 34.9. The lowest BCUT2D eigenvalue weighted by Gasteiger charge is -2.36. The van der Waals surface area contributed by atoms with Crippen molar-refractivity contribution in [3.63, 3.8) is 0 Å². The molecule has 16 heavy (non-hydrogen) atoms. The van der Waals surface area contributed by atoms with Crippen LogP contribution in [0.1, 0.15) is 26.7 Å². The van der Waals surface area contributed by atoms with E-state index in [1.54, 1.807) is 24.2 Å². The van der Waals surface area contributed by atoms with Crippen LogP contribution in [0.5, 0.6) is 0 Å². The predicted molar refractivity (Wildman–Crippen MR) is 67.2 cm³/mol. The third kappa shape index (κ3) is 2.74. The van der Waals surface area contributed by atoms with Crippen LogP contribution in [-0.4, -0.2) is 21.3 Å². The van der Waals surface area contributed by atoms with Gasteiger partial charge in [-0.15, -0.1) is 0 Å². The molecule has 0 spiro atoms. The number of rotatable bonds is 2. The van der Waals surface area contributed by atoms with E-state index in [0.717, 1.165) is 17.4 Å². The first-order valence-corrected chi connectivity index (χ1v) is 6.73. The Hall–Kier alpha value is -0.610. The van der Waals surface area contributed by atoms with Crippen LogP contribution in [0.3, 0.4) is 0 Å². The Morgan fingerprint density at radius 2 is 2.12 bits per heavy atom. The Balaban J connectivity index is 2.03. The van der Waals surface area contributed by atoms with Gasteiger partial charge in [-0.3, -0.25) is 4.98 Å². The molecule has 4 unspecified atom stereocenters. The van der Waals surface area contributed by atoms with Crippen molar-refractivity contribution >= 4 is 11.8 Å². The summed E-state index contributed by atoms with van der Waals surface area (Å²) in [7, 11) is 0. The van der Waals surface area contributed by atoms with Crippen molar-refractivity contribution in [2.45, 2.75) is 43.0 Å². The molecular weight excluding hydrogens is 218 g/mol. The van der Waals surface area contributed by atoms with Gasteiger partial charge in [0.1, 0.15) is 5.03 Å². The minimum atomic E-state index is 0.283. The summed E-state index contributed by atoms with van der Waals surface area (Å²) in [6, 6.07) is 0.283. The second-order valence-electron chi connectivity index (χ2n) is 4.84. The Kier molecular flexibility index (Phi) is 3.82. The molecule has 0 saturated heterocycles. The van der Waals surface area contributed by atoms with Gasteiger partial charge in [0, 0.05) is 23.7 Å². The molecule has 1 fully saturated rings. The Morgan fingerprint density at radius 1 is 1.31 bits per heavy atom. The van der Waals surface area contributed by atoms with Gasteiger partial charge in [-0.2, -0.15) is 0 Å². The fraction of sp³-hybridized carbons (Fsp3) is 0.667. The molecule has 0 amide bonds. The van der Waals surface area contributed by atoms with E-state index in [9.17, 15) is 0 Å². The van der Waals surface area contributed by atoms with E-state index in [-0.39, 0.29) is 6.04 Å². The van der Waals surface area contributed by atoms with Crippen molar-refractivity contribution < 1.29 is 0 Å². The second-order valence-corrected chi connectivity index (χ2v) is 6.04. The van der Waals surface area contributed by atoms with Crippen LogP contribution in [0.2, 0.25) is 0 Å². The first-order valence-electron chi connectivity index (χ1n) is 5.85. The third-order valence-corrected chi connectivity index (χ3v) is 4.77. The van der Waals surface area contributed by atoms with Gasteiger partial charge in [-0.25, -0.2) is 4.98 Å². The quantitative estimate of drug-likeness (QED) is 0.857. The van der Waals surface area contributed by atoms with Gasteiger partial charge >= 0.3 is 0 Å². The molecule has 0 bridgehead atoms. The molecule has 1 saturated carbocycles. The predicted octanol–water partition coefficient (Wildman–Crippen LogP) is 2.33. The monoisotopic (exact) mass is 237 g/mol. The molecule has 0 aliphatic heterocycles. The topological polar surface area (TPSA) is 51.8 Å². The van der Waals surface area contributed by atoms with Crippen LogP contribution >= 0.6 is 11.8 Å². The van der Waals surface area contributed by atoms with Crippen LogP contribution in [0.4, 0.5) is 0 Å². The summed E-state index contributed by atoms with van der Waals surface area (Å²) in [4.78, 5) is 8.40. The highest BCUT2D eigenvalue weighted by atomic mass is 32.2. The fourth-order valence-electron chi connectivity index (χ4n) is 2.57. The molecule has 0 aromatic carbocycles. The van der Waals surface area contributed by atoms with Crippen LogP contribution in [0, 0.1) is 11.8 Å². The lowest BCUT2D eigenvalue weighted by atomic mass is 9.80. The van der Waals surface area contributed by atoms with Crippen LogP contribution in [0.15, 0.2) is 23.6 Å². The maximum absolute atomic E-state index is 6.24. The van der Waals surface area contributed by atoms with Crippen LogP contribution < -0.4 is 5.73 Å². The minimum absolute atomic E-state index is 0.283. The smallest absolute Gasteiger partial charge is 0.115 e. The van der Waals surface area contributed by atoms with E-state index < -0.39 is 0 Å². The summed E-state index contributed by atoms with van der Waals surface area (Å²) in [5.41, 5.74) is 6.24. The highest BCUT2D eigenvalue weighted by Gasteiger charge is 2.32. The summed E-state index contributed by atoms with van der Waals surface area (Å²) in [6.07, 6.45) is 7.66. The van der Waals surface area contributed by atoms with Gasteiger partial charge < -0.3 is 5.73 Å². The summed E-state index contributed by atoms with van der Waals surface area (Å²) in [5.74, 6) is 1.41. The molecule has 1 heterocycles. The second kappa shape index (κ2) is 5.15. The minimum Gasteiger partial charge on any atom is -0.327 e. The molecule has 1 aliphatic rings. The largest absolute Gasteiger partial charge is 0.327 e. The van der Waals surface area contributed by atoms with Crippen molar-refractivity contribution in [2.75, 3.05) is 0 Å². The van der Waals surface area contributed by atoms with Crippen LogP contribution in [0.25, 0.3) is 0 Å². The maximum Gasteiger partial charge on any atom is 0.115 e. The molecule has 4 heteroatoms. The van der Waals surface area contributed by atoms with Crippen molar-refractivity contribution in [3.8, 4) is 0 Å². The van der Waals surface area contributed by atoms with Crippen molar-refractivity contribution in [1.82, 2.24) is 9.97 Å². The van der Waals surface area contributed by atoms with Crippen molar-refractivity contribution in [3.05, 3.63) is 18.6 Å². The van der Waals surface area contributed by atoms with Gasteiger partial charge in [0.25, 0.3) is 0 Å². The van der Waals surface area contributed by atoms with E-state index in [1.165, 1.54) is 6.42 Å². The third-order valence-electron chi connectivity index (χ3n) is 3.23. The highest BCUT2D eigenvalue weighted by molar-refractivity contribution is 7.99. The molecule has 1 aliphatic carbocycles. The number of aromatic nitrogens is 2. The first kappa shape index (κ1) is 11.9. The molecule has 2 rings (SSSR count).